The fourth-order valence-electron chi connectivity index (χ4n) is 1.29. The van der Waals surface area contributed by atoms with Crippen LogP contribution in [0.3, 0.4) is 0 Å². The van der Waals surface area contributed by atoms with Gasteiger partial charge in [-0.3, -0.25) is 4.79 Å². The molecule has 0 saturated heterocycles. The van der Waals surface area contributed by atoms with E-state index in [-0.39, 0.29) is 16.9 Å². The highest BCUT2D eigenvalue weighted by atomic mass is 32.2. The molecular formula is C12H17NO3S. The number of benzene rings is 1. The first-order valence-corrected chi connectivity index (χ1v) is 6.53. The Morgan fingerprint density at radius 1 is 1.59 bits per heavy atom. The van der Waals surface area contributed by atoms with Gasteiger partial charge in [0.05, 0.1) is 12.4 Å². The summed E-state index contributed by atoms with van der Waals surface area (Å²) in [4.78, 5) is 11.5. The van der Waals surface area contributed by atoms with Gasteiger partial charge in [0.15, 0.2) is 11.5 Å². The summed E-state index contributed by atoms with van der Waals surface area (Å²) in [6.07, 6.45) is 1.89. The van der Waals surface area contributed by atoms with Gasteiger partial charge in [0.1, 0.15) is 0 Å². The average molecular weight is 255 g/mol. The number of nitrogens with one attached hydrogen (secondary N) is 1. The van der Waals surface area contributed by atoms with Crippen LogP contribution in [0.15, 0.2) is 18.2 Å². The van der Waals surface area contributed by atoms with E-state index >= 15 is 0 Å². The molecule has 0 heterocycles. The van der Waals surface area contributed by atoms with Crippen LogP contribution in [0.4, 0.5) is 0 Å². The SMILES string of the molecule is COc1ccc(CNC(=O)C(C)SC)cc1O. The van der Waals surface area contributed by atoms with Crippen LogP contribution in [0.1, 0.15) is 12.5 Å². The van der Waals surface area contributed by atoms with Gasteiger partial charge in [-0.05, 0) is 30.9 Å². The Hall–Kier alpha value is -1.36. The molecule has 0 aromatic heterocycles. The second-order valence-electron chi connectivity index (χ2n) is 3.60. The molecule has 1 atom stereocenters. The molecule has 0 bridgehead atoms. The number of hydrogen-bond donors (Lipinski definition) is 2. The number of methoxy groups -OCH3 is 1. The van der Waals surface area contributed by atoms with Crippen LogP contribution in [0.25, 0.3) is 0 Å². The molecule has 94 valence electrons. The smallest absolute Gasteiger partial charge is 0.233 e. The topological polar surface area (TPSA) is 58.6 Å². The van der Waals surface area contributed by atoms with Crippen molar-refractivity contribution in [2.75, 3.05) is 13.4 Å². The first kappa shape index (κ1) is 13.7. The zero-order valence-electron chi connectivity index (χ0n) is 10.2. The molecule has 5 heteroatoms. The van der Waals surface area contributed by atoms with Gasteiger partial charge >= 0.3 is 0 Å². The second-order valence-corrected chi connectivity index (χ2v) is 4.78. The fourth-order valence-corrected chi connectivity index (χ4v) is 1.58. The Labute approximate surface area is 105 Å². The predicted molar refractivity (Wildman–Crippen MR) is 69.5 cm³/mol. The van der Waals surface area contributed by atoms with Gasteiger partial charge in [-0.1, -0.05) is 6.07 Å². The first-order valence-electron chi connectivity index (χ1n) is 5.25. The number of rotatable bonds is 5. The van der Waals surface area contributed by atoms with Gasteiger partial charge in [-0.2, -0.15) is 11.8 Å². The van der Waals surface area contributed by atoms with Crippen molar-refractivity contribution in [1.29, 1.82) is 0 Å². The van der Waals surface area contributed by atoms with Crippen LogP contribution in [0.2, 0.25) is 0 Å². The lowest BCUT2D eigenvalue weighted by atomic mass is 10.2. The maximum absolute atomic E-state index is 11.5. The third-order valence-electron chi connectivity index (χ3n) is 2.43. The minimum atomic E-state index is -0.0677. The summed E-state index contributed by atoms with van der Waals surface area (Å²) in [5.74, 6) is 0.502. The van der Waals surface area contributed by atoms with E-state index in [1.165, 1.54) is 18.9 Å². The van der Waals surface area contributed by atoms with E-state index in [4.69, 9.17) is 4.74 Å². The van der Waals surface area contributed by atoms with Crippen molar-refractivity contribution >= 4 is 17.7 Å². The van der Waals surface area contributed by atoms with Crippen molar-refractivity contribution in [1.82, 2.24) is 5.32 Å². The standard InChI is InChI=1S/C12H17NO3S/c1-8(17-3)12(15)13-7-9-4-5-11(16-2)10(14)6-9/h4-6,8,14H,7H2,1-3H3,(H,13,15). The van der Waals surface area contributed by atoms with E-state index in [1.54, 1.807) is 12.1 Å². The number of aromatic hydroxyl groups is 1. The fraction of sp³-hybridized carbons (Fsp3) is 0.417. The van der Waals surface area contributed by atoms with Crippen molar-refractivity contribution in [3.8, 4) is 11.5 Å². The monoisotopic (exact) mass is 255 g/mol. The second kappa shape index (κ2) is 6.39. The molecule has 1 amide bonds. The van der Waals surface area contributed by atoms with E-state index in [0.29, 0.717) is 12.3 Å². The number of hydrogen-bond acceptors (Lipinski definition) is 4. The van der Waals surface area contributed by atoms with Gasteiger partial charge in [0.2, 0.25) is 5.91 Å². The predicted octanol–water partition coefficient (Wildman–Crippen LogP) is 1.77. The molecule has 0 aliphatic heterocycles. The maximum atomic E-state index is 11.5. The molecule has 2 N–H and O–H groups in total. The Bertz CT molecular complexity index is 395. The lowest BCUT2D eigenvalue weighted by Gasteiger charge is -2.10. The van der Waals surface area contributed by atoms with Crippen LogP contribution in [0, 0.1) is 0 Å². The molecule has 0 spiro atoms. The van der Waals surface area contributed by atoms with E-state index in [9.17, 15) is 9.90 Å². The van der Waals surface area contributed by atoms with Gasteiger partial charge < -0.3 is 15.2 Å². The lowest BCUT2D eigenvalue weighted by Crippen LogP contribution is -2.30. The molecule has 1 aromatic carbocycles. The molecule has 0 saturated carbocycles. The summed E-state index contributed by atoms with van der Waals surface area (Å²) in [6, 6.07) is 5.07. The number of amides is 1. The summed E-state index contributed by atoms with van der Waals surface area (Å²) >= 11 is 1.50. The van der Waals surface area contributed by atoms with E-state index < -0.39 is 0 Å². The van der Waals surface area contributed by atoms with E-state index in [0.717, 1.165) is 5.56 Å². The van der Waals surface area contributed by atoms with Gasteiger partial charge in [0.25, 0.3) is 0 Å². The summed E-state index contributed by atoms with van der Waals surface area (Å²) < 4.78 is 4.94. The van der Waals surface area contributed by atoms with Crippen LogP contribution in [0.5, 0.6) is 11.5 Å². The summed E-state index contributed by atoms with van der Waals surface area (Å²) in [6.45, 7) is 2.26. The van der Waals surface area contributed by atoms with Crippen LogP contribution in [-0.2, 0) is 11.3 Å². The normalized spacial score (nSPS) is 11.9. The highest BCUT2D eigenvalue weighted by molar-refractivity contribution is 7.99. The quantitative estimate of drug-likeness (QED) is 0.842. The van der Waals surface area contributed by atoms with Crippen LogP contribution >= 0.6 is 11.8 Å². The van der Waals surface area contributed by atoms with Crippen molar-refractivity contribution in [3.05, 3.63) is 23.8 Å². The Kier molecular flexibility index (Phi) is 5.15. The van der Waals surface area contributed by atoms with Crippen LogP contribution < -0.4 is 10.1 Å². The zero-order valence-corrected chi connectivity index (χ0v) is 11.0. The van der Waals surface area contributed by atoms with E-state index in [2.05, 4.69) is 5.32 Å². The number of thioether (sulfide) groups is 1. The number of phenolic OH excluding ortho intramolecular Hbond substituents is 1. The summed E-state index contributed by atoms with van der Waals surface area (Å²) in [7, 11) is 1.50. The Morgan fingerprint density at radius 3 is 2.82 bits per heavy atom. The molecule has 0 aliphatic rings. The third kappa shape index (κ3) is 3.85. The maximum Gasteiger partial charge on any atom is 0.233 e. The zero-order chi connectivity index (χ0) is 12.8. The number of ether oxygens (including phenoxy) is 1. The minimum absolute atomic E-state index is 0.00666. The molecule has 0 radical (unpaired) electrons. The van der Waals surface area contributed by atoms with Gasteiger partial charge in [-0.25, -0.2) is 0 Å². The van der Waals surface area contributed by atoms with Gasteiger partial charge in [0, 0.05) is 6.54 Å². The van der Waals surface area contributed by atoms with Crippen molar-refractivity contribution in [2.45, 2.75) is 18.7 Å². The summed E-state index contributed by atoms with van der Waals surface area (Å²) in [5.41, 5.74) is 0.838. The average Bonchev–Trinajstić information content (AvgIpc) is 2.35. The van der Waals surface area contributed by atoms with Crippen molar-refractivity contribution < 1.29 is 14.6 Å². The molecule has 0 aliphatic carbocycles. The van der Waals surface area contributed by atoms with E-state index in [1.807, 2.05) is 19.2 Å². The number of carbonyl (C=O) groups is 1. The Morgan fingerprint density at radius 2 is 2.29 bits per heavy atom. The van der Waals surface area contributed by atoms with Crippen molar-refractivity contribution in [2.24, 2.45) is 0 Å². The molecular weight excluding hydrogens is 238 g/mol. The highest BCUT2D eigenvalue weighted by Gasteiger charge is 2.10. The largest absolute Gasteiger partial charge is 0.504 e. The lowest BCUT2D eigenvalue weighted by molar-refractivity contribution is -0.120. The molecule has 1 unspecified atom stereocenters. The molecule has 4 nitrogen and oxygen atoms in total. The molecule has 0 fully saturated rings. The molecule has 1 aromatic rings. The number of phenols is 1. The van der Waals surface area contributed by atoms with Crippen LogP contribution in [-0.4, -0.2) is 29.6 Å². The third-order valence-corrected chi connectivity index (χ3v) is 3.35. The summed E-state index contributed by atoms with van der Waals surface area (Å²) in [5, 5.41) is 12.3. The molecule has 17 heavy (non-hydrogen) atoms. The Balaban J connectivity index is 2.58. The number of carbonyl (C=O) groups excluding carboxylic acids is 1. The first-order chi connectivity index (χ1) is 8.08. The minimum Gasteiger partial charge on any atom is -0.504 e. The van der Waals surface area contributed by atoms with Gasteiger partial charge in [-0.15, -0.1) is 0 Å². The van der Waals surface area contributed by atoms with Crippen molar-refractivity contribution in [3.63, 3.8) is 0 Å². The highest BCUT2D eigenvalue weighted by Crippen LogP contribution is 2.26. The molecule has 1 rings (SSSR count).